The number of carbonyl (C=O) groups is 1. The quantitative estimate of drug-likeness (QED) is 0.720. The van der Waals surface area contributed by atoms with Crippen LogP contribution < -0.4 is 10.1 Å². The number of hydrogen-bond donors (Lipinski definition) is 1. The highest BCUT2D eigenvalue weighted by Gasteiger charge is 2.14. The number of amides is 1. The van der Waals surface area contributed by atoms with Crippen LogP contribution in [-0.4, -0.2) is 17.0 Å². The number of benzene rings is 2. The summed E-state index contributed by atoms with van der Waals surface area (Å²) in [5.41, 5.74) is 4.30. The average molecular weight is 346 g/mol. The van der Waals surface area contributed by atoms with Gasteiger partial charge in [0.25, 0.3) is 5.91 Å². The molecule has 0 aliphatic carbocycles. The Balaban J connectivity index is 1.56. The largest absolute Gasteiger partial charge is 0.481 e. The van der Waals surface area contributed by atoms with E-state index in [-0.39, 0.29) is 5.91 Å². The molecule has 4 heteroatoms. The second kappa shape index (κ2) is 8.30. The molecule has 0 aliphatic heterocycles. The third kappa shape index (κ3) is 4.93. The first kappa shape index (κ1) is 17.7. The number of aryl methyl sites for hydroxylation is 1. The molecule has 1 heterocycles. The summed E-state index contributed by atoms with van der Waals surface area (Å²) in [6.45, 7) is 3.76. The number of hydrogen-bond acceptors (Lipinski definition) is 3. The maximum absolute atomic E-state index is 12.3. The minimum Gasteiger partial charge on any atom is -0.481 e. The zero-order chi connectivity index (χ0) is 18.4. The van der Waals surface area contributed by atoms with Crippen LogP contribution in [0.4, 0.5) is 5.69 Å². The third-order valence-electron chi connectivity index (χ3n) is 4.08. The van der Waals surface area contributed by atoms with Gasteiger partial charge in [-0.2, -0.15) is 0 Å². The molecular weight excluding hydrogens is 324 g/mol. The molecule has 2 aromatic carbocycles. The molecule has 1 aromatic heterocycles. The summed E-state index contributed by atoms with van der Waals surface area (Å²) in [7, 11) is 0. The standard InChI is InChI=1S/C22H22N2O2/c1-16-3-9-21(10-4-16)26-17(2)22(25)24-20-7-5-18(6-8-20)15-19-11-13-23-14-12-19/h3-14,17H,15H2,1-2H3,(H,24,25). The Kier molecular flexibility index (Phi) is 5.64. The first-order valence-corrected chi connectivity index (χ1v) is 8.62. The molecule has 0 saturated heterocycles. The van der Waals surface area contributed by atoms with Gasteiger partial charge in [0.15, 0.2) is 6.10 Å². The van der Waals surface area contributed by atoms with E-state index in [0.717, 1.165) is 17.7 Å². The van der Waals surface area contributed by atoms with Crippen LogP contribution in [0.3, 0.4) is 0 Å². The highest BCUT2D eigenvalue weighted by Crippen LogP contribution is 2.16. The Morgan fingerprint density at radius 3 is 2.23 bits per heavy atom. The number of nitrogens with zero attached hydrogens (tertiary/aromatic N) is 1. The lowest BCUT2D eigenvalue weighted by Crippen LogP contribution is -2.30. The SMILES string of the molecule is Cc1ccc(OC(C)C(=O)Nc2ccc(Cc3ccncc3)cc2)cc1. The normalized spacial score (nSPS) is 11.6. The van der Waals surface area contributed by atoms with Crippen LogP contribution >= 0.6 is 0 Å². The molecule has 3 rings (SSSR count). The van der Waals surface area contributed by atoms with Gasteiger partial charge in [-0.1, -0.05) is 29.8 Å². The topological polar surface area (TPSA) is 51.2 Å². The van der Waals surface area contributed by atoms with Crippen LogP contribution in [0, 0.1) is 6.92 Å². The summed E-state index contributed by atoms with van der Waals surface area (Å²) in [6, 6.07) is 19.5. The minimum absolute atomic E-state index is 0.174. The Bertz CT molecular complexity index is 844. The highest BCUT2D eigenvalue weighted by molar-refractivity contribution is 5.94. The second-order valence-electron chi connectivity index (χ2n) is 6.29. The zero-order valence-corrected chi connectivity index (χ0v) is 15.0. The molecule has 3 aromatic rings. The van der Waals surface area contributed by atoms with Crippen LogP contribution in [0.15, 0.2) is 73.1 Å². The monoisotopic (exact) mass is 346 g/mol. The number of pyridine rings is 1. The lowest BCUT2D eigenvalue weighted by molar-refractivity contribution is -0.122. The predicted molar refractivity (Wildman–Crippen MR) is 103 cm³/mol. The Labute approximate surface area is 153 Å². The lowest BCUT2D eigenvalue weighted by atomic mass is 10.1. The summed E-state index contributed by atoms with van der Waals surface area (Å²) >= 11 is 0. The first-order valence-electron chi connectivity index (χ1n) is 8.62. The van der Waals surface area contributed by atoms with Crippen LogP contribution in [0.5, 0.6) is 5.75 Å². The van der Waals surface area contributed by atoms with E-state index in [1.54, 1.807) is 19.3 Å². The molecule has 1 N–H and O–H groups in total. The van der Waals surface area contributed by atoms with E-state index in [9.17, 15) is 4.79 Å². The van der Waals surface area contributed by atoms with Crippen molar-refractivity contribution >= 4 is 11.6 Å². The highest BCUT2D eigenvalue weighted by atomic mass is 16.5. The van der Waals surface area contributed by atoms with Gasteiger partial charge in [-0.05, 0) is 67.8 Å². The van der Waals surface area contributed by atoms with Crippen LogP contribution in [0.2, 0.25) is 0 Å². The van der Waals surface area contributed by atoms with Gasteiger partial charge >= 0.3 is 0 Å². The van der Waals surface area contributed by atoms with E-state index in [0.29, 0.717) is 5.75 Å². The fraction of sp³-hybridized carbons (Fsp3) is 0.182. The lowest BCUT2D eigenvalue weighted by Gasteiger charge is -2.15. The number of anilines is 1. The number of carbonyl (C=O) groups excluding carboxylic acids is 1. The van der Waals surface area contributed by atoms with Crippen molar-refractivity contribution in [1.82, 2.24) is 4.98 Å². The van der Waals surface area contributed by atoms with Crippen LogP contribution in [0.1, 0.15) is 23.6 Å². The number of ether oxygens (including phenoxy) is 1. The molecular formula is C22H22N2O2. The van der Waals surface area contributed by atoms with Gasteiger partial charge in [0.2, 0.25) is 0 Å². The summed E-state index contributed by atoms with van der Waals surface area (Å²) in [6.07, 6.45) is 3.84. The van der Waals surface area contributed by atoms with Crippen molar-refractivity contribution in [3.63, 3.8) is 0 Å². The van der Waals surface area contributed by atoms with Crippen molar-refractivity contribution < 1.29 is 9.53 Å². The van der Waals surface area contributed by atoms with Crippen LogP contribution in [0.25, 0.3) is 0 Å². The molecule has 0 fully saturated rings. The smallest absolute Gasteiger partial charge is 0.265 e. The van der Waals surface area contributed by atoms with E-state index in [1.807, 2.05) is 67.6 Å². The summed E-state index contributed by atoms with van der Waals surface area (Å²) in [5.74, 6) is 0.512. The number of nitrogens with one attached hydrogen (secondary N) is 1. The van der Waals surface area contributed by atoms with Gasteiger partial charge in [-0.3, -0.25) is 9.78 Å². The van der Waals surface area contributed by atoms with Crippen molar-refractivity contribution in [3.05, 3.63) is 89.7 Å². The Morgan fingerprint density at radius 2 is 1.58 bits per heavy atom. The van der Waals surface area contributed by atoms with Gasteiger partial charge < -0.3 is 10.1 Å². The molecule has 1 atom stereocenters. The summed E-state index contributed by atoms with van der Waals surface area (Å²) < 4.78 is 5.69. The fourth-order valence-corrected chi connectivity index (χ4v) is 2.56. The van der Waals surface area contributed by atoms with Gasteiger partial charge in [-0.25, -0.2) is 0 Å². The third-order valence-corrected chi connectivity index (χ3v) is 4.08. The Hall–Kier alpha value is -3.14. The van der Waals surface area contributed by atoms with E-state index in [2.05, 4.69) is 10.3 Å². The van der Waals surface area contributed by atoms with Gasteiger partial charge in [0, 0.05) is 18.1 Å². The molecule has 1 amide bonds. The van der Waals surface area contributed by atoms with Gasteiger partial charge in [0.1, 0.15) is 5.75 Å². The molecule has 0 aliphatic rings. The zero-order valence-electron chi connectivity index (χ0n) is 15.0. The van der Waals surface area contributed by atoms with Crippen molar-refractivity contribution in [2.45, 2.75) is 26.4 Å². The molecule has 0 radical (unpaired) electrons. The number of aromatic nitrogens is 1. The van der Waals surface area contributed by atoms with E-state index < -0.39 is 6.10 Å². The molecule has 4 nitrogen and oxygen atoms in total. The van der Waals surface area contributed by atoms with Crippen molar-refractivity contribution in [3.8, 4) is 5.75 Å². The van der Waals surface area contributed by atoms with E-state index in [1.165, 1.54) is 11.1 Å². The van der Waals surface area contributed by atoms with E-state index in [4.69, 9.17) is 4.74 Å². The molecule has 26 heavy (non-hydrogen) atoms. The van der Waals surface area contributed by atoms with E-state index >= 15 is 0 Å². The maximum Gasteiger partial charge on any atom is 0.265 e. The molecule has 0 spiro atoms. The maximum atomic E-state index is 12.3. The fourth-order valence-electron chi connectivity index (χ4n) is 2.56. The minimum atomic E-state index is -0.575. The van der Waals surface area contributed by atoms with Gasteiger partial charge in [0.05, 0.1) is 0 Å². The van der Waals surface area contributed by atoms with Gasteiger partial charge in [-0.15, -0.1) is 0 Å². The molecule has 0 bridgehead atoms. The van der Waals surface area contributed by atoms with Crippen LogP contribution in [-0.2, 0) is 11.2 Å². The second-order valence-corrected chi connectivity index (χ2v) is 6.29. The summed E-state index contributed by atoms with van der Waals surface area (Å²) in [4.78, 5) is 16.3. The Morgan fingerprint density at radius 1 is 0.962 bits per heavy atom. The first-order chi connectivity index (χ1) is 12.6. The molecule has 0 saturated carbocycles. The van der Waals surface area contributed by atoms with Crippen molar-refractivity contribution in [2.75, 3.05) is 5.32 Å². The van der Waals surface area contributed by atoms with Crippen molar-refractivity contribution in [2.24, 2.45) is 0 Å². The molecule has 1 unspecified atom stereocenters. The number of rotatable bonds is 6. The summed E-state index contributed by atoms with van der Waals surface area (Å²) in [5, 5.41) is 2.89. The molecule has 132 valence electrons. The average Bonchev–Trinajstić information content (AvgIpc) is 2.66. The van der Waals surface area contributed by atoms with Crippen molar-refractivity contribution in [1.29, 1.82) is 0 Å². The predicted octanol–water partition coefficient (Wildman–Crippen LogP) is 4.39.